The lowest BCUT2D eigenvalue weighted by Gasteiger charge is -2.13. The lowest BCUT2D eigenvalue weighted by Crippen LogP contribution is -2.21. The van der Waals surface area contributed by atoms with Crippen molar-refractivity contribution in [2.45, 2.75) is 11.4 Å². The number of pyridine rings is 1. The second kappa shape index (κ2) is 9.74. The van der Waals surface area contributed by atoms with Crippen molar-refractivity contribution < 1.29 is 13.6 Å². The Morgan fingerprint density at radius 2 is 2.07 bits per heavy atom. The number of aromatic nitrogens is 3. The Hall–Kier alpha value is -3.33. The van der Waals surface area contributed by atoms with Crippen molar-refractivity contribution in [1.29, 1.82) is 0 Å². The summed E-state index contributed by atoms with van der Waals surface area (Å²) in [6.07, 6.45) is 3.51. The highest BCUT2D eigenvalue weighted by molar-refractivity contribution is 7.98. The molecule has 2 aromatic heterocycles. The Bertz CT molecular complexity index is 1080. The third-order valence-corrected chi connectivity index (χ3v) is 4.77. The standard InChI is InChI=1S/C20H22N6O2S/c1-21-20(27)18-15(24-19-16(29-3)5-4-10-22-19)11-17(25-26-18)23-12-13-6-8-14(28-2)9-7-13/h4-11H,12H2,1-3H3,(H,21,27)(H2,22,23,24,25)/i1D3. The molecule has 0 aliphatic rings. The van der Waals surface area contributed by atoms with Gasteiger partial charge in [0.05, 0.1) is 12.8 Å². The van der Waals surface area contributed by atoms with Gasteiger partial charge in [-0.3, -0.25) is 4.79 Å². The minimum absolute atomic E-state index is 0.158. The van der Waals surface area contributed by atoms with Gasteiger partial charge in [-0.2, -0.15) is 0 Å². The molecular weight excluding hydrogens is 388 g/mol. The molecule has 1 aromatic carbocycles. The molecule has 0 atom stereocenters. The second-order valence-electron chi connectivity index (χ2n) is 5.83. The first-order chi connectivity index (χ1) is 15.3. The summed E-state index contributed by atoms with van der Waals surface area (Å²) in [5.74, 6) is 0.792. The van der Waals surface area contributed by atoms with E-state index >= 15 is 0 Å². The van der Waals surface area contributed by atoms with Gasteiger partial charge in [0, 0.05) is 34.8 Å². The van der Waals surface area contributed by atoms with Crippen molar-refractivity contribution >= 4 is 35.0 Å². The lowest BCUT2D eigenvalue weighted by molar-refractivity contribution is 0.0958. The fraction of sp³-hybridized carbons (Fsp3) is 0.200. The first kappa shape index (κ1) is 16.6. The number of carbonyl (C=O) groups excluding carboxylic acids is 1. The number of hydrogen-bond donors (Lipinski definition) is 3. The smallest absolute Gasteiger partial charge is 0.273 e. The maximum Gasteiger partial charge on any atom is 0.273 e. The number of hydrogen-bond acceptors (Lipinski definition) is 8. The van der Waals surface area contributed by atoms with Crippen LogP contribution in [0.4, 0.5) is 17.3 Å². The molecule has 8 nitrogen and oxygen atoms in total. The lowest BCUT2D eigenvalue weighted by atomic mass is 10.2. The van der Waals surface area contributed by atoms with Crippen molar-refractivity contribution in [2.24, 2.45) is 0 Å². The predicted octanol–water partition coefficient (Wildman–Crippen LogP) is 3.32. The number of nitrogens with one attached hydrogen (secondary N) is 3. The molecule has 2 heterocycles. The summed E-state index contributed by atoms with van der Waals surface area (Å²) in [6, 6.07) is 12.8. The molecule has 0 aliphatic carbocycles. The van der Waals surface area contributed by atoms with Crippen LogP contribution in [0.3, 0.4) is 0 Å². The zero-order valence-electron chi connectivity index (χ0n) is 18.9. The van der Waals surface area contributed by atoms with Crippen LogP contribution in [0.1, 0.15) is 20.2 Å². The monoisotopic (exact) mass is 413 g/mol. The topological polar surface area (TPSA) is 101 Å². The molecule has 0 fully saturated rings. The number of anilines is 3. The minimum Gasteiger partial charge on any atom is -0.497 e. The molecule has 0 spiro atoms. The van der Waals surface area contributed by atoms with E-state index in [4.69, 9.17) is 8.85 Å². The molecule has 1 amide bonds. The van der Waals surface area contributed by atoms with Gasteiger partial charge in [-0.1, -0.05) is 12.1 Å². The van der Waals surface area contributed by atoms with Gasteiger partial charge >= 0.3 is 0 Å². The van der Waals surface area contributed by atoms with Gasteiger partial charge in [0.2, 0.25) is 0 Å². The molecule has 3 aromatic rings. The van der Waals surface area contributed by atoms with Crippen LogP contribution in [0.2, 0.25) is 0 Å². The van der Waals surface area contributed by atoms with Crippen LogP contribution in [-0.4, -0.2) is 41.4 Å². The first-order valence-electron chi connectivity index (χ1n) is 10.1. The third-order valence-electron chi connectivity index (χ3n) is 4.00. The summed E-state index contributed by atoms with van der Waals surface area (Å²) in [4.78, 5) is 17.7. The van der Waals surface area contributed by atoms with E-state index in [-0.39, 0.29) is 11.4 Å². The number of carbonyl (C=O) groups is 1. The van der Waals surface area contributed by atoms with Gasteiger partial charge in [-0.15, -0.1) is 22.0 Å². The van der Waals surface area contributed by atoms with Gasteiger partial charge in [-0.25, -0.2) is 4.98 Å². The van der Waals surface area contributed by atoms with Crippen LogP contribution in [0.5, 0.6) is 5.75 Å². The van der Waals surface area contributed by atoms with Gasteiger partial charge in [-0.05, 0) is 36.1 Å². The zero-order chi connectivity index (χ0) is 23.1. The summed E-state index contributed by atoms with van der Waals surface area (Å²) in [6.45, 7) is -2.20. The predicted molar refractivity (Wildman–Crippen MR) is 115 cm³/mol. The molecule has 0 aliphatic heterocycles. The van der Waals surface area contributed by atoms with Crippen LogP contribution in [0.25, 0.3) is 0 Å². The van der Waals surface area contributed by atoms with E-state index in [2.05, 4.69) is 25.8 Å². The molecule has 0 radical (unpaired) electrons. The zero-order valence-corrected chi connectivity index (χ0v) is 16.7. The molecule has 0 bridgehead atoms. The van der Waals surface area contributed by atoms with E-state index in [1.165, 1.54) is 11.8 Å². The molecule has 0 saturated heterocycles. The summed E-state index contributed by atoms with van der Waals surface area (Å²) >= 11 is 1.48. The summed E-state index contributed by atoms with van der Waals surface area (Å²) in [7, 11) is 1.60. The van der Waals surface area contributed by atoms with Crippen LogP contribution < -0.4 is 20.7 Å². The Morgan fingerprint density at radius 3 is 2.79 bits per heavy atom. The quantitative estimate of drug-likeness (QED) is 0.484. The largest absolute Gasteiger partial charge is 0.497 e. The first-order valence-corrected chi connectivity index (χ1v) is 9.84. The van der Waals surface area contributed by atoms with Crippen molar-refractivity contribution in [3.05, 3.63) is 59.9 Å². The maximum absolute atomic E-state index is 12.5. The molecule has 3 N–H and O–H groups in total. The maximum atomic E-state index is 12.5. The Morgan fingerprint density at radius 1 is 1.24 bits per heavy atom. The Labute approximate surface area is 177 Å². The average molecular weight is 414 g/mol. The normalized spacial score (nSPS) is 12.3. The number of methoxy groups -OCH3 is 1. The van der Waals surface area contributed by atoms with E-state index in [9.17, 15) is 4.79 Å². The SMILES string of the molecule is [2H]C([2H])([2H])NC(=O)c1nnc(NCc2ccc(OC)cc2)cc1Nc1ncccc1SC. The number of nitrogens with zero attached hydrogens (tertiary/aromatic N) is 3. The van der Waals surface area contributed by atoms with E-state index in [1.54, 1.807) is 25.4 Å². The fourth-order valence-electron chi connectivity index (χ4n) is 2.51. The van der Waals surface area contributed by atoms with E-state index in [0.29, 0.717) is 18.2 Å². The van der Waals surface area contributed by atoms with Gasteiger partial charge in [0.15, 0.2) is 11.5 Å². The molecule has 150 valence electrons. The van der Waals surface area contributed by atoms with Crippen LogP contribution in [-0.2, 0) is 6.54 Å². The molecular formula is C20H22N6O2S. The van der Waals surface area contributed by atoms with E-state index in [0.717, 1.165) is 16.2 Å². The van der Waals surface area contributed by atoms with E-state index < -0.39 is 12.9 Å². The van der Waals surface area contributed by atoms with Crippen LogP contribution >= 0.6 is 11.8 Å². The second-order valence-corrected chi connectivity index (χ2v) is 6.67. The molecule has 9 heteroatoms. The minimum atomic E-state index is -2.66. The molecule has 0 unspecified atom stereocenters. The average Bonchev–Trinajstić information content (AvgIpc) is 2.77. The number of amides is 1. The number of benzene rings is 1. The molecule has 0 saturated carbocycles. The number of ether oxygens (including phenoxy) is 1. The Kier molecular flexibility index (Phi) is 5.58. The highest BCUT2D eigenvalue weighted by Gasteiger charge is 2.16. The summed E-state index contributed by atoms with van der Waals surface area (Å²) in [5.41, 5.74) is 1.10. The Balaban J connectivity index is 1.87. The van der Waals surface area contributed by atoms with Crippen molar-refractivity contribution in [1.82, 2.24) is 20.5 Å². The van der Waals surface area contributed by atoms with Gasteiger partial charge < -0.3 is 20.7 Å². The van der Waals surface area contributed by atoms with Crippen LogP contribution in [0.15, 0.2) is 53.6 Å². The number of rotatable bonds is 8. The fourth-order valence-corrected chi connectivity index (χ4v) is 3.02. The van der Waals surface area contributed by atoms with Crippen molar-refractivity contribution in [2.75, 3.05) is 31.0 Å². The number of thioether (sulfide) groups is 1. The van der Waals surface area contributed by atoms with E-state index in [1.807, 2.05) is 41.9 Å². The van der Waals surface area contributed by atoms with Crippen LogP contribution in [0, 0.1) is 0 Å². The van der Waals surface area contributed by atoms with Crippen molar-refractivity contribution in [3.8, 4) is 5.75 Å². The van der Waals surface area contributed by atoms with Gasteiger partial charge in [0.25, 0.3) is 5.91 Å². The summed E-state index contributed by atoms with van der Waals surface area (Å²) in [5, 5.41) is 16.2. The van der Waals surface area contributed by atoms with Crippen molar-refractivity contribution in [3.63, 3.8) is 0 Å². The molecule has 29 heavy (non-hydrogen) atoms. The summed E-state index contributed by atoms with van der Waals surface area (Å²) < 4.78 is 27.0. The third kappa shape index (κ3) is 5.14. The highest BCUT2D eigenvalue weighted by Crippen LogP contribution is 2.27. The highest BCUT2D eigenvalue weighted by atomic mass is 32.2. The molecule has 3 rings (SSSR count). The van der Waals surface area contributed by atoms with Gasteiger partial charge in [0.1, 0.15) is 11.6 Å².